The topological polar surface area (TPSA) is 67.8 Å². The number of hydrogen-bond donors (Lipinski definition) is 2. The molecule has 0 amide bonds. The van der Waals surface area contributed by atoms with E-state index in [2.05, 4.69) is 5.32 Å². The maximum Gasteiger partial charge on any atom is 0.351 e. The standard InChI is InChI=1S/C14H18FNO4/c1-19-6-3-7-20-12-8-11(14(17)18)16-13-9(12)4-2-5-10(13)15/h2,4-5,8-9,12-13,16H,3,6-7H2,1H3,(H,17,18). The van der Waals surface area contributed by atoms with Crippen molar-refractivity contribution in [3.63, 3.8) is 0 Å². The molecular weight excluding hydrogens is 265 g/mol. The predicted molar refractivity (Wildman–Crippen MR) is 70.7 cm³/mol. The Morgan fingerprint density at radius 1 is 1.50 bits per heavy atom. The van der Waals surface area contributed by atoms with Crippen LogP contribution in [-0.4, -0.2) is 43.5 Å². The first-order valence-electron chi connectivity index (χ1n) is 6.49. The molecule has 1 heterocycles. The van der Waals surface area contributed by atoms with Crippen LogP contribution in [-0.2, 0) is 14.3 Å². The minimum Gasteiger partial charge on any atom is -0.477 e. The fraction of sp³-hybridized carbons (Fsp3) is 0.500. The van der Waals surface area contributed by atoms with Gasteiger partial charge in [-0.05, 0) is 18.6 Å². The lowest BCUT2D eigenvalue weighted by Crippen LogP contribution is -2.48. The quantitative estimate of drug-likeness (QED) is 0.721. The first-order chi connectivity index (χ1) is 9.63. The number of nitrogens with one attached hydrogen (secondary N) is 1. The van der Waals surface area contributed by atoms with Gasteiger partial charge in [-0.2, -0.15) is 0 Å². The molecule has 0 aromatic carbocycles. The maximum atomic E-state index is 13.8. The SMILES string of the molecule is COCCCOC1C=C(C(=O)O)NC2C(F)=CC=CC12. The number of fused-ring (bicyclic) bond motifs is 1. The molecule has 0 fully saturated rings. The predicted octanol–water partition coefficient (Wildman–Crippen LogP) is 1.39. The Bertz CT molecular complexity index is 458. The summed E-state index contributed by atoms with van der Waals surface area (Å²) in [5.41, 5.74) is -0.0261. The molecule has 3 unspecified atom stereocenters. The highest BCUT2D eigenvalue weighted by Gasteiger charge is 2.37. The van der Waals surface area contributed by atoms with Gasteiger partial charge in [-0.3, -0.25) is 0 Å². The number of halogens is 1. The number of carboxylic acids is 1. The molecule has 0 saturated carbocycles. The van der Waals surface area contributed by atoms with Crippen LogP contribution >= 0.6 is 0 Å². The largest absolute Gasteiger partial charge is 0.477 e. The van der Waals surface area contributed by atoms with E-state index in [9.17, 15) is 9.18 Å². The summed E-state index contributed by atoms with van der Waals surface area (Å²) in [5, 5.41) is 11.8. The van der Waals surface area contributed by atoms with Crippen molar-refractivity contribution < 1.29 is 23.8 Å². The lowest BCUT2D eigenvalue weighted by atomic mass is 9.85. The molecule has 6 heteroatoms. The molecule has 3 atom stereocenters. The maximum absolute atomic E-state index is 13.8. The molecule has 0 saturated heterocycles. The first kappa shape index (κ1) is 14.7. The number of rotatable bonds is 6. The highest BCUT2D eigenvalue weighted by atomic mass is 19.1. The average Bonchev–Trinajstić information content (AvgIpc) is 2.44. The first-order valence-corrected chi connectivity index (χ1v) is 6.49. The molecule has 0 spiro atoms. The zero-order valence-electron chi connectivity index (χ0n) is 11.2. The zero-order chi connectivity index (χ0) is 14.5. The number of allylic oxidation sites excluding steroid dienone is 2. The fourth-order valence-electron chi connectivity index (χ4n) is 2.34. The van der Waals surface area contributed by atoms with Crippen molar-refractivity contribution in [1.82, 2.24) is 5.32 Å². The van der Waals surface area contributed by atoms with Gasteiger partial charge >= 0.3 is 5.97 Å². The van der Waals surface area contributed by atoms with Crippen LogP contribution < -0.4 is 5.32 Å². The second kappa shape index (κ2) is 6.67. The molecule has 0 radical (unpaired) electrons. The van der Waals surface area contributed by atoms with Gasteiger partial charge in [0, 0.05) is 26.2 Å². The van der Waals surface area contributed by atoms with Gasteiger partial charge in [-0.15, -0.1) is 0 Å². The van der Waals surface area contributed by atoms with E-state index < -0.39 is 18.1 Å². The Labute approximate surface area is 116 Å². The van der Waals surface area contributed by atoms with Gasteiger partial charge < -0.3 is 19.9 Å². The third-order valence-electron chi connectivity index (χ3n) is 3.33. The summed E-state index contributed by atoms with van der Waals surface area (Å²) < 4.78 is 24.4. The van der Waals surface area contributed by atoms with E-state index in [1.165, 1.54) is 12.2 Å². The molecule has 5 nitrogen and oxygen atoms in total. The average molecular weight is 283 g/mol. The Kier molecular flexibility index (Phi) is 4.92. The van der Waals surface area contributed by atoms with Gasteiger partial charge in [-0.1, -0.05) is 12.2 Å². The Morgan fingerprint density at radius 3 is 3.00 bits per heavy atom. The van der Waals surface area contributed by atoms with Crippen LogP contribution in [0.15, 0.2) is 35.8 Å². The molecule has 0 bridgehead atoms. The molecular formula is C14H18FNO4. The smallest absolute Gasteiger partial charge is 0.351 e. The number of carboxylic acid groups (broad SMARTS) is 1. The molecule has 0 aromatic rings. The number of aliphatic carboxylic acids is 1. The molecule has 2 rings (SSSR count). The zero-order valence-corrected chi connectivity index (χ0v) is 11.2. The third-order valence-corrected chi connectivity index (χ3v) is 3.33. The molecule has 0 aromatic heterocycles. The van der Waals surface area contributed by atoms with Crippen LogP contribution in [0.5, 0.6) is 0 Å². The van der Waals surface area contributed by atoms with E-state index in [0.29, 0.717) is 19.6 Å². The van der Waals surface area contributed by atoms with Gasteiger partial charge in [-0.25, -0.2) is 9.18 Å². The summed E-state index contributed by atoms with van der Waals surface area (Å²) in [4.78, 5) is 11.1. The van der Waals surface area contributed by atoms with Crippen molar-refractivity contribution in [2.75, 3.05) is 20.3 Å². The van der Waals surface area contributed by atoms with Crippen LogP contribution in [0.1, 0.15) is 6.42 Å². The second-order valence-electron chi connectivity index (χ2n) is 4.70. The summed E-state index contributed by atoms with van der Waals surface area (Å²) in [6.07, 6.45) is 6.54. The highest BCUT2D eigenvalue weighted by molar-refractivity contribution is 5.86. The molecule has 1 aliphatic heterocycles. The van der Waals surface area contributed by atoms with E-state index in [1.807, 2.05) is 6.08 Å². The molecule has 2 N–H and O–H groups in total. The molecule has 20 heavy (non-hydrogen) atoms. The number of methoxy groups -OCH3 is 1. The Balaban J connectivity index is 2.10. The van der Waals surface area contributed by atoms with Crippen molar-refractivity contribution in [3.05, 3.63) is 35.8 Å². The number of ether oxygens (including phenoxy) is 2. The highest BCUT2D eigenvalue weighted by Crippen LogP contribution is 2.30. The third kappa shape index (κ3) is 3.26. The van der Waals surface area contributed by atoms with E-state index in [-0.39, 0.29) is 17.4 Å². The van der Waals surface area contributed by atoms with Gasteiger partial charge in [0.1, 0.15) is 11.5 Å². The van der Waals surface area contributed by atoms with Crippen LogP contribution in [0.4, 0.5) is 4.39 Å². The van der Waals surface area contributed by atoms with Crippen molar-refractivity contribution in [3.8, 4) is 0 Å². The summed E-state index contributed by atoms with van der Waals surface area (Å²) in [5.74, 6) is -1.74. The van der Waals surface area contributed by atoms with Crippen LogP contribution in [0.3, 0.4) is 0 Å². The van der Waals surface area contributed by atoms with Crippen molar-refractivity contribution >= 4 is 5.97 Å². The summed E-state index contributed by atoms with van der Waals surface area (Å²) >= 11 is 0. The fourth-order valence-corrected chi connectivity index (χ4v) is 2.34. The molecule has 2 aliphatic rings. The van der Waals surface area contributed by atoms with Crippen LogP contribution in [0, 0.1) is 5.92 Å². The van der Waals surface area contributed by atoms with E-state index in [1.54, 1.807) is 13.2 Å². The lowest BCUT2D eigenvalue weighted by Gasteiger charge is -2.36. The van der Waals surface area contributed by atoms with E-state index in [4.69, 9.17) is 14.6 Å². The minimum atomic E-state index is -1.11. The van der Waals surface area contributed by atoms with E-state index in [0.717, 1.165) is 0 Å². The van der Waals surface area contributed by atoms with Gasteiger partial charge in [0.2, 0.25) is 0 Å². The molecule has 110 valence electrons. The Hall–Kier alpha value is -1.66. The van der Waals surface area contributed by atoms with Crippen molar-refractivity contribution in [2.24, 2.45) is 5.92 Å². The monoisotopic (exact) mass is 283 g/mol. The summed E-state index contributed by atoms with van der Waals surface area (Å²) in [6.45, 7) is 1.00. The van der Waals surface area contributed by atoms with Crippen LogP contribution in [0.2, 0.25) is 0 Å². The van der Waals surface area contributed by atoms with Gasteiger partial charge in [0.05, 0.1) is 12.1 Å². The van der Waals surface area contributed by atoms with Crippen LogP contribution in [0.25, 0.3) is 0 Å². The lowest BCUT2D eigenvalue weighted by molar-refractivity contribution is -0.133. The Morgan fingerprint density at radius 2 is 2.30 bits per heavy atom. The minimum absolute atomic E-state index is 0.0261. The summed E-state index contributed by atoms with van der Waals surface area (Å²) in [6, 6.07) is -0.677. The summed E-state index contributed by atoms with van der Waals surface area (Å²) in [7, 11) is 1.60. The number of hydrogen-bond acceptors (Lipinski definition) is 4. The van der Waals surface area contributed by atoms with Gasteiger partial charge in [0.15, 0.2) is 0 Å². The second-order valence-corrected chi connectivity index (χ2v) is 4.70. The van der Waals surface area contributed by atoms with Crippen molar-refractivity contribution in [2.45, 2.75) is 18.6 Å². The molecule has 1 aliphatic carbocycles. The normalized spacial score (nSPS) is 28.2. The number of carbonyl (C=O) groups is 1. The van der Waals surface area contributed by atoms with E-state index >= 15 is 0 Å². The van der Waals surface area contributed by atoms with Gasteiger partial charge in [0.25, 0.3) is 0 Å². The van der Waals surface area contributed by atoms with Crippen molar-refractivity contribution in [1.29, 1.82) is 0 Å².